The molecule has 0 aromatic rings. The van der Waals surface area contributed by atoms with Gasteiger partial charge in [0.15, 0.2) is 0 Å². The highest BCUT2D eigenvalue weighted by Gasteiger charge is 2.59. The number of methoxy groups -OCH3 is 1. The molecule has 2 aliphatic carbocycles. The highest BCUT2D eigenvalue weighted by Crippen LogP contribution is 2.62. The van der Waals surface area contributed by atoms with Crippen LogP contribution in [-0.4, -0.2) is 13.1 Å². The Labute approximate surface area is 141 Å². The zero-order chi connectivity index (χ0) is 17.3. The first-order valence-corrected chi connectivity index (χ1v) is 8.87. The third-order valence-electron chi connectivity index (χ3n) is 6.82. The molecule has 0 aromatic heterocycles. The van der Waals surface area contributed by atoms with Crippen molar-refractivity contribution in [2.75, 3.05) is 7.11 Å². The van der Waals surface area contributed by atoms with E-state index in [4.69, 9.17) is 4.74 Å². The van der Waals surface area contributed by atoms with Gasteiger partial charge in [-0.15, -0.1) is 0 Å². The van der Waals surface area contributed by atoms with Gasteiger partial charge in [-0.1, -0.05) is 49.8 Å². The SMILES string of the molecule is C=C/C(C)=C\C[C@]1(C(=O)OC)[C@@H](C)CC[C@]2(C)C(C)=CCC[C@@H]12. The minimum absolute atomic E-state index is 0.0243. The summed E-state index contributed by atoms with van der Waals surface area (Å²) in [6, 6.07) is 0. The van der Waals surface area contributed by atoms with Crippen molar-refractivity contribution in [3.63, 3.8) is 0 Å². The molecule has 0 bridgehead atoms. The van der Waals surface area contributed by atoms with Crippen LogP contribution in [0.3, 0.4) is 0 Å². The van der Waals surface area contributed by atoms with Crippen molar-refractivity contribution < 1.29 is 9.53 Å². The average molecular weight is 316 g/mol. The Morgan fingerprint density at radius 3 is 2.78 bits per heavy atom. The summed E-state index contributed by atoms with van der Waals surface area (Å²) in [6.07, 6.45) is 11.6. The van der Waals surface area contributed by atoms with Crippen molar-refractivity contribution in [3.05, 3.63) is 36.0 Å². The molecule has 0 heterocycles. The van der Waals surface area contributed by atoms with Crippen LogP contribution in [0.2, 0.25) is 0 Å². The molecule has 0 N–H and O–H groups in total. The second-order valence-corrected chi connectivity index (χ2v) is 7.76. The van der Waals surface area contributed by atoms with E-state index in [2.05, 4.69) is 46.4 Å². The molecule has 0 spiro atoms. The molecule has 0 saturated heterocycles. The van der Waals surface area contributed by atoms with Crippen molar-refractivity contribution in [3.8, 4) is 0 Å². The molecule has 1 saturated carbocycles. The normalized spacial score (nSPS) is 37.6. The first-order chi connectivity index (χ1) is 10.8. The summed E-state index contributed by atoms with van der Waals surface area (Å²) in [5.41, 5.74) is 2.30. The molecule has 0 unspecified atom stereocenters. The number of carbonyl (C=O) groups is 1. The van der Waals surface area contributed by atoms with Gasteiger partial charge in [-0.2, -0.15) is 0 Å². The molecule has 2 rings (SSSR count). The Morgan fingerprint density at radius 1 is 1.48 bits per heavy atom. The van der Waals surface area contributed by atoms with Crippen LogP contribution in [0.15, 0.2) is 36.0 Å². The number of esters is 1. The summed E-state index contributed by atoms with van der Waals surface area (Å²) in [7, 11) is 1.54. The first-order valence-electron chi connectivity index (χ1n) is 8.87. The van der Waals surface area contributed by atoms with E-state index in [1.807, 2.05) is 6.08 Å². The molecular formula is C21H32O2. The quantitative estimate of drug-likeness (QED) is 0.391. The second kappa shape index (κ2) is 6.67. The third-order valence-corrected chi connectivity index (χ3v) is 6.82. The van der Waals surface area contributed by atoms with Gasteiger partial charge in [0.05, 0.1) is 12.5 Å². The maximum Gasteiger partial charge on any atom is 0.312 e. The number of fused-ring (bicyclic) bond motifs is 1. The summed E-state index contributed by atoms with van der Waals surface area (Å²) >= 11 is 0. The monoisotopic (exact) mass is 316 g/mol. The van der Waals surface area contributed by atoms with Gasteiger partial charge in [0.25, 0.3) is 0 Å². The fourth-order valence-corrected chi connectivity index (χ4v) is 4.98. The molecule has 23 heavy (non-hydrogen) atoms. The number of carbonyl (C=O) groups excluding carboxylic acids is 1. The molecule has 2 aliphatic rings. The number of rotatable bonds is 4. The third kappa shape index (κ3) is 2.81. The summed E-state index contributed by atoms with van der Waals surface area (Å²) in [5, 5.41) is 0. The van der Waals surface area contributed by atoms with Crippen molar-refractivity contribution in [2.24, 2.45) is 22.7 Å². The highest BCUT2D eigenvalue weighted by molar-refractivity contribution is 5.78. The van der Waals surface area contributed by atoms with Crippen molar-refractivity contribution in [1.82, 2.24) is 0 Å². The maximum atomic E-state index is 13.0. The summed E-state index contributed by atoms with van der Waals surface area (Å²) < 4.78 is 5.35. The van der Waals surface area contributed by atoms with Crippen molar-refractivity contribution >= 4 is 5.97 Å². The Morgan fingerprint density at radius 2 is 2.17 bits per heavy atom. The molecule has 2 nitrogen and oxygen atoms in total. The molecule has 0 amide bonds. The standard InChI is InChI=1S/C21H32O2/c1-7-15(2)11-14-21(19(22)23-6)17(4)12-13-20(5)16(3)9-8-10-18(20)21/h7,9,11,17-18H,1,8,10,12-14H2,2-6H3/b15-11-/t17-,18+,20+,21-/m0/s1. The first kappa shape index (κ1) is 18.0. The lowest BCUT2D eigenvalue weighted by Crippen LogP contribution is -2.55. The van der Waals surface area contributed by atoms with Crippen LogP contribution < -0.4 is 0 Å². The molecule has 2 heteroatoms. The Bertz CT molecular complexity index is 542. The lowest BCUT2D eigenvalue weighted by atomic mass is 9.46. The highest BCUT2D eigenvalue weighted by atomic mass is 16.5. The fourth-order valence-electron chi connectivity index (χ4n) is 4.98. The van der Waals surface area contributed by atoms with Crippen LogP contribution in [0.5, 0.6) is 0 Å². The molecule has 0 aliphatic heterocycles. The van der Waals surface area contributed by atoms with Crippen LogP contribution in [-0.2, 0) is 9.53 Å². The summed E-state index contributed by atoms with van der Waals surface area (Å²) in [6.45, 7) is 12.7. The van der Waals surface area contributed by atoms with Gasteiger partial charge in [0.2, 0.25) is 0 Å². The summed E-state index contributed by atoms with van der Waals surface area (Å²) in [4.78, 5) is 13.0. The fraction of sp³-hybridized carbons (Fsp3) is 0.667. The van der Waals surface area contributed by atoms with Crippen LogP contribution in [0.25, 0.3) is 0 Å². The molecule has 1 fully saturated rings. The molecule has 0 aromatic carbocycles. The number of hydrogen-bond donors (Lipinski definition) is 0. The minimum Gasteiger partial charge on any atom is -0.469 e. The van der Waals surface area contributed by atoms with Gasteiger partial charge in [-0.05, 0) is 63.2 Å². The van der Waals surface area contributed by atoms with Gasteiger partial charge >= 0.3 is 5.97 Å². The van der Waals surface area contributed by atoms with E-state index < -0.39 is 5.41 Å². The van der Waals surface area contributed by atoms with Crippen LogP contribution in [0, 0.1) is 22.7 Å². The van der Waals surface area contributed by atoms with Gasteiger partial charge in [-0.3, -0.25) is 4.79 Å². The van der Waals surface area contributed by atoms with Gasteiger partial charge in [-0.25, -0.2) is 0 Å². The van der Waals surface area contributed by atoms with E-state index in [1.54, 1.807) is 7.11 Å². The van der Waals surface area contributed by atoms with Crippen molar-refractivity contribution in [1.29, 1.82) is 0 Å². The van der Waals surface area contributed by atoms with E-state index in [1.165, 1.54) is 12.0 Å². The van der Waals surface area contributed by atoms with E-state index >= 15 is 0 Å². The Balaban J connectivity index is 2.54. The maximum absolute atomic E-state index is 13.0. The van der Waals surface area contributed by atoms with E-state index in [-0.39, 0.29) is 11.4 Å². The van der Waals surface area contributed by atoms with Crippen LogP contribution in [0.4, 0.5) is 0 Å². The molecule has 0 radical (unpaired) electrons. The lowest BCUT2D eigenvalue weighted by molar-refractivity contribution is -0.171. The van der Waals surface area contributed by atoms with Gasteiger partial charge in [0.1, 0.15) is 0 Å². The molecule has 128 valence electrons. The van der Waals surface area contributed by atoms with E-state index in [0.717, 1.165) is 31.3 Å². The zero-order valence-electron chi connectivity index (χ0n) is 15.4. The van der Waals surface area contributed by atoms with Crippen molar-refractivity contribution in [2.45, 2.75) is 59.8 Å². The number of ether oxygens (including phenoxy) is 1. The summed E-state index contributed by atoms with van der Waals surface area (Å²) in [5.74, 6) is 0.668. The largest absolute Gasteiger partial charge is 0.469 e. The Kier molecular flexibility index (Phi) is 5.23. The topological polar surface area (TPSA) is 26.3 Å². The second-order valence-electron chi connectivity index (χ2n) is 7.76. The number of hydrogen-bond acceptors (Lipinski definition) is 2. The van der Waals surface area contributed by atoms with Gasteiger partial charge in [0, 0.05) is 0 Å². The predicted octanol–water partition coefficient (Wildman–Crippen LogP) is 5.46. The van der Waals surface area contributed by atoms with Crippen LogP contribution >= 0.6 is 0 Å². The molecule has 4 atom stereocenters. The minimum atomic E-state index is -0.415. The van der Waals surface area contributed by atoms with E-state index in [0.29, 0.717) is 11.8 Å². The number of allylic oxidation sites excluding steroid dienone is 5. The smallest absolute Gasteiger partial charge is 0.312 e. The predicted molar refractivity (Wildman–Crippen MR) is 96.0 cm³/mol. The Hall–Kier alpha value is -1.31. The molecular weight excluding hydrogens is 284 g/mol. The average Bonchev–Trinajstić information content (AvgIpc) is 2.55. The zero-order valence-corrected chi connectivity index (χ0v) is 15.4. The lowest BCUT2D eigenvalue weighted by Gasteiger charge is -2.57. The van der Waals surface area contributed by atoms with Gasteiger partial charge < -0.3 is 4.74 Å². The van der Waals surface area contributed by atoms with E-state index in [9.17, 15) is 4.79 Å². The van der Waals surface area contributed by atoms with Crippen LogP contribution in [0.1, 0.15) is 59.8 Å².